The molecule has 0 radical (unpaired) electrons. The molecule has 0 aliphatic carbocycles. The summed E-state index contributed by atoms with van der Waals surface area (Å²) in [6, 6.07) is 20.1. The number of aromatic nitrogens is 2. The Kier molecular flexibility index (Phi) is 5.83. The van der Waals surface area contributed by atoms with Gasteiger partial charge in [0.2, 0.25) is 5.91 Å². The molecule has 2 aromatic carbocycles. The first-order valence-corrected chi connectivity index (χ1v) is 11.6. The summed E-state index contributed by atoms with van der Waals surface area (Å²) in [6.07, 6.45) is 2.17. The monoisotopic (exact) mass is 444 g/mol. The number of rotatable bonds is 5. The van der Waals surface area contributed by atoms with Crippen LogP contribution in [0.2, 0.25) is 0 Å². The van der Waals surface area contributed by atoms with Crippen LogP contribution in [-0.2, 0) is 17.8 Å². The van der Waals surface area contributed by atoms with Gasteiger partial charge in [-0.25, -0.2) is 4.98 Å². The second-order valence-corrected chi connectivity index (χ2v) is 8.91. The minimum absolute atomic E-state index is 0.0432. The highest BCUT2D eigenvalue weighted by molar-refractivity contribution is 7.15. The lowest BCUT2D eigenvalue weighted by molar-refractivity contribution is -0.132. The van der Waals surface area contributed by atoms with Gasteiger partial charge in [-0.15, -0.1) is 11.3 Å². The Morgan fingerprint density at radius 3 is 2.41 bits per heavy atom. The molecule has 0 spiro atoms. The first-order valence-electron chi connectivity index (χ1n) is 10.8. The Morgan fingerprint density at radius 2 is 1.66 bits per heavy atom. The van der Waals surface area contributed by atoms with Gasteiger partial charge in [0.15, 0.2) is 4.96 Å². The first kappa shape index (κ1) is 20.6. The van der Waals surface area contributed by atoms with E-state index in [1.54, 1.807) is 16.7 Å². The maximum absolute atomic E-state index is 12.8. The lowest BCUT2D eigenvalue weighted by atomic mass is 10.0. The standard InChI is InChI=1S/C25H24N4O2S/c30-23(16-19-6-8-21(9-7-19)20-4-2-1-3-5-20)28-12-10-27(11-13-28)18-22-17-24(31)29-14-15-32-25(29)26-22/h1-9,14-15,17H,10-13,16,18H2. The molecule has 0 saturated carbocycles. The van der Waals surface area contributed by atoms with Gasteiger partial charge in [0.1, 0.15) is 0 Å². The van der Waals surface area contributed by atoms with Crippen molar-refractivity contribution in [1.29, 1.82) is 0 Å². The van der Waals surface area contributed by atoms with Gasteiger partial charge >= 0.3 is 0 Å². The minimum Gasteiger partial charge on any atom is -0.340 e. The van der Waals surface area contributed by atoms with Crippen molar-refractivity contribution in [2.24, 2.45) is 0 Å². The number of carbonyl (C=O) groups excluding carboxylic acids is 1. The number of fused-ring (bicyclic) bond motifs is 1. The van der Waals surface area contributed by atoms with Crippen molar-refractivity contribution >= 4 is 22.2 Å². The molecule has 1 saturated heterocycles. The molecule has 3 heterocycles. The smallest absolute Gasteiger partial charge is 0.258 e. The summed E-state index contributed by atoms with van der Waals surface area (Å²) in [5.74, 6) is 0.161. The minimum atomic E-state index is -0.0432. The fourth-order valence-electron chi connectivity index (χ4n) is 4.09. The van der Waals surface area contributed by atoms with Gasteiger partial charge in [-0.2, -0.15) is 0 Å². The Bertz CT molecular complexity index is 1270. The topological polar surface area (TPSA) is 57.9 Å². The summed E-state index contributed by atoms with van der Waals surface area (Å²) in [4.78, 5) is 34.5. The van der Waals surface area contributed by atoms with Crippen LogP contribution in [0, 0.1) is 0 Å². The highest BCUT2D eigenvalue weighted by atomic mass is 32.1. The molecule has 162 valence electrons. The molecule has 4 aromatic rings. The lowest BCUT2D eigenvalue weighted by Crippen LogP contribution is -2.48. The van der Waals surface area contributed by atoms with Crippen LogP contribution < -0.4 is 5.56 Å². The SMILES string of the molecule is O=C(Cc1ccc(-c2ccccc2)cc1)N1CCN(Cc2cc(=O)n3ccsc3n2)CC1. The highest BCUT2D eigenvalue weighted by Crippen LogP contribution is 2.20. The van der Waals surface area contributed by atoms with Crippen molar-refractivity contribution in [2.45, 2.75) is 13.0 Å². The summed E-state index contributed by atoms with van der Waals surface area (Å²) < 4.78 is 1.57. The van der Waals surface area contributed by atoms with Crippen LogP contribution in [0.15, 0.2) is 77.0 Å². The fourth-order valence-corrected chi connectivity index (χ4v) is 4.82. The van der Waals surface area contributed by atoms with Crippen molar-refractivity contribution in [3.05, 3.63) is 93.9 Å². The summed E-state index contributed by atoms with van der Waals surface area (Å²) in [5, 5.41) is 1.87. The van der Waals surface area contributed by atoms with Crippen LogP contribution in [0.25, 0.3) is 16.1 Å². The van der Waals surface area contributed by atoms with E-state index >= 15 is 0 Å². The number of hydrogen-bond acceptors (Lipinski definition) is 5. The van der Waals surface area contributed by atoms with Gasteiger partial charge in [0, 0.05) is 50.4 Å². The summed E-state index contributed by atoms with van der Waals surface area (Å²) in [5.41, 5.74) is 4.11. The Morgan fingerprint density at radius 1 is 0.938 bits per heavy atom. The maximum atomic E-state index is 12.8. The van der Waals surface area contributed by atoms with Gasteiger partial charge in [0.05, 0.1) is 12.1 Å². The molecule has 6 nitrogen and oxygen atoms in total. The summed E-state index contributed by atoms with van der Waals surface area (Å²) >= 11 is 1.46. The number of thiazole rings is 1. The number of carbonyl (C=O) groups is 1. The zero-order valence-corrected chi connectivity index (χ0v) is 18.5. The number of amides is 1. The first-order chi connectivity index (χ1) is 15.7. The van der Waals surface area contributed by atoms with Crippen molar-refractivity contribution in [3.8, 4) is 11.1 Å². The zero-order chi connectivity index (χ0) is 21.9. The second kappa shape index (κ2) is 9.06. The Balaban J connectivity index is 1.15. The number of hydrogen-bond donors (Lipinski definition) is 0. The van der Waals surface area contributed by atoms with Crippen LogP contribution in [0.1, 0.15) is 11.3 Å². The third-order valence-corrected chi connectivity index (χ3v) is 6.64. The molecule has 0 unspecified atom stereocenters. The fraction of sp³-hybridized carbons (Fsp3) is 0.240. The number of piperazine rings is 1. The van der Waals surface area contributed by atoms with E-state index in [4.69, 9.17) is 0 Å². The van der Waals surface area contributed by atoms with Gasteiger partial charge in [-0.05, 0) is 16.7 Å². The van der Waals surface area contributed by atoms with E-state index in [9.17, 15) is 9.59 Å². The molecule has 5 rings (SSSR count). The molecule has 0 atom stereocenters. The average Bonchev–Trinajstić information content (AvgIpc) is 3.30. The third kappa shape index (κ3) is 4.49. The summed E-state index contributed by atoms with van der Waals surface area (Å²) in [6.45, 7) is 3.59. The van der Waals surface area contributed by atoms with Crippen molar-refractivity contribution < 1.29 is 4.79 Å². The molecule has 2 aromatic heterocycles. The normalized spacial score (nSPS) is 14.7. The van der Waals surface area contributed by atoms with Crippen LogP contribution in [0.4, 0.5) is 0 Å². The second-order valence-electron chi connectivity index (χ2n) is 8.04. The average molecular weight is 445 g/mol. The van der Waals surface area contributed by atoms with E-state index in [2.05, 4.69) is 34.1 Å². The third-order valence-electron chi connectivity index (χ3n) is 5.88. The predicted molar refractivity (Wildman–Crippen MR) is 127 cm³/mol. The van der Waals surface area contributed by atoms with Gasteiger partial charge in [-0.1, -0.05) is 54.6 Å². The largest absolute Gasteiger partial charge is 0.340 e. The lowest BCUT2D eigenvalue weighted by Gasteiger charge is -2.34. The Hall–Kier alpha value is -3.29. The van der Waals surface area contributed by atoms with E-state index in [1.165, 1.54) is 16.9 Å². The molecule has 1 amide bonds. The molecular weight excluding hydrogens is 420 g/mol. The van der Waals surface area contributed by atoms with Gasteiger partial charge < -0.3 is 4.90 Å². The van der Waals surface area contributed by atoms with Crippen molar-refractivity contribution in [2.75, 3.05) is 26.2 Å². The van der Waals surface area contributed by atoms with E-state index in [0.29, 0.717) is 26.1 Å². The maximum Gasteiger partial charge on any atom is 0.258 e. The predicted octanol–water partition coefficient (Wildman–Crippen LogP) is 3.31. The van der Waals surface area contributed by atoms with E-state index < -0.39 is 0 Å². The van der Waals surface area contributed by atoms with Crippen LogP contribution in [0.5, 0.6) is 0 Å². The van der Waals surface area contributed by atoms with Gasteiger partial charge in [0.25, 0.3) is 5.56 Å². The van der Waals surface area contributed by atoms with Crippen LogP contribution in [-0.4, -0.2) is 51.3 Å². The van der Waals surface area contributed by atoms with E-state index in [1.807, 2.05) is 40.6 Å². The van der Waals surface area contributed by atoms with Gasteiger partial charge in [-0.3, -0.25) is 18.9 Å². The highest BCUT2D eigenvalue weighted by Gasteiger charge is 2.22. The Labute approximate surface area is 190 Å². The molecule has 7 heteroatoms. The number of benzene rings is 2. The van der Waals surface area contributed by atoms with Crippen LogP contribution in [0.3, 0.4) is 0 Å². The van der Waals surface area contributed by atoms with Crippen molar-refractivity contribution in [3.63, 3.8) is 0 Å². The summed E-state index contributed by atoms with van der Waals surface area (Å²) in [7, 11) is 0. The molecule has 0 bridgehead atoms. The molecule has 1 aliphatic rings. The van der Waals surface area contributed by atoms with Crippen molar-refractivity contribution in [1.82, 2.24) is 19.2 Å². The molecule has 1 fully saturated rings. The van der Waals surface area contributed by atoms with E-state index in [0.717, 1.165) is 34.9 Å². The van der Waals surface area contributed by atoms with E-state index in [-0.39, 0.29) is 11.5 Å². The molecule has 0 N–H and O–H groups in total. The zero-order valence-electron chi connectivity index (χ0n) is 17.7. The van der Waals surface area contributed by atoms with Crippen LogP contribution >= 0.6 is 11.3 Å². The molecule has 1 aliphatic heterocycles. The molecular formula is C25H24N4O2S. The number of nitrogens with zero attached hydrogens (tertiary/aromatic N) is 4. The quantitative estimate of drug-likeness (QED) is 0.474. The molecule has 32 heavy (non-hydrogen) atoms.